The predicted octanol–water partition coefficient (Wildman–Crippen LogP) is 0.0588. The standard InChI is InChI=1S/C73H109ClN8O24S.Na/c1-11-31-103-58(70(91)92)44-82(63(87)25-24-59(83)76-29-39-107(95,96)97)30-26-62(86)81-64(47(4)5)69(90)80-53(15-12-13-28-75-60(84)27-32-100-35-36-102-38-37-101-34-33-98-9)67(88)77-43-49-18-21-51(22-19-49)66-65(106-66)48(6)55-16-14-17-61(85)79-54(42-50-20-23-56(99-10)52(74)41-50)68(89)78-45-73(7,8)72(94)105-57(40-46(2)3)71(93)104-55;/h11,14,17-23,41,46-48,53-55,57-58,64-66H,1,12-13,15-16,24-40,42-45H2,2-10H3,(H,75,84)(H,76,83)(H,77,88)(H,78,89)(H,79,85)(H,80,90)(H,81,86)(H,91,92)(H,95,96,97);/q;+1/p-1/b17-14-;/t48-,53-,54+,55-,57-,58?,64-,65+,66+;/m0./s1. The topological polar surface area (TPSA) is 439 Å². The molecule has 0 saturated carbocycles. The smallest absolute Gasteiger partial charge is 0.748 e. The number of amides is 8. The summed E-state index contributed by atoms with van der Waals surface area (Å²) in [5, 5.41) is 29.1. The Bertz CT molecular complexity index is 3400. The third kappa shape index (κ3) is 36.6. The van der Waals surface area contributed by atoms with E-state index in [0.29, 0.717) is 67.8 Å². The maximum absolute atomic E-state index is 14.3. The Balaban J connectivity index is 0.0000302. The Kier molecular flexibility index (Phi) is 43.9. The van der Waals surface area contributed by atoms with E-state index in [1.165, 1.54) is 25.3 Å². The molecule has 0 aromatic heterocycles. The predicted molar refractivity (Wildman–Crippen MR) is 389 cm³/mol. The second-order valence-electron chi connectivity index (χ2n) is 27.2. The van der Waals surface area contributed by atoms with Gasteiger partial charge >= 0.3 is 47.5 Å². The van der Waals surface area contributed by atoms with Gasteiger partial charge in [-0.25, -0.2) is 18.0 Å². The van der Waals surface area contributed by atoms with Crippen LogP contribution in [0.3, 0.4) is 0 Å². The van der Waals surface area contributed by atoms with Gasteiger partial charge in [0, 0.05) is 84.3 Å². The molecule has 4 rings (SSSR count). The zero-order chi connectivity index (χ0) is 79.2. The van der Waals surface area contributed by atoms with Crippen LogP contribution in [-0.2, 0) is 114 Å². The molecule has 35 heteroatoms. The van der Waals surface area contributed by atoms with Crippen LogP contribution in [0.2, 0.25) is 5.02 Å². The molecule has 2 aromatic carbocycles. The van der Waals surface area contributed by atoms with Crippen molar-refractivity contribution in [3.63, 3.8) is 0 Å². The zero-order valence-electron chi connectivity index (χ0n) is 63.6. The van der Waals surface area contributed by atoms with Crippen molar-refractivity contribution in [3.05, 3.63) is 89.0 Å². The third-order valence-electron chi connectivity index (χ3n) is 17.1. The summed E-state index contributed by atoms with van der Waals surface area (Å²) in [5.41, 5.74) is 0.675. The number of nitrogens with zero attached hydrogens (tertiary/aromatic N) is 1. The van der Waals surface area contributed by atoms with Crippen molar-refractivity contribution in [3.8, 4) is 5.75 Å². The number of epoxide rings is 1. The van der Waals surface area contributed by atoms with Crippen LogP contribution in [0.15, 0.2) is 67.3 Å². The van der Waals surface area contributed by atoms with E-state index in [0.717, 1.165) is 10.5 Å². The van der Waals surface area contributed by atoms with Gasteiger partial charge < -0.3 is 94.4 Å². The molecular weight excluding hydrogens is 1460 g/mol. The van der Waals surface area contributed by atoms with Crippen molar-refractivity contribution in [1.82, 2.24) is 42.1 Å². The Hall–Kier alpha value is -7.15. The molecule has 2 heterocycles. The number of cyclic esters (lactones) is 2. The molecule has 108 heavy (non-hydrogen) atoms. The van der Waals surface area contributed by atoms with Gasteiger partial charge in [0.2, 0.25) is 47.3 Å². The van der Waals surface area contributed by atoms with Gasteiger partial charge in [-0.2, -0.15) is 0 Å². The van der Waals surface area contributed by atoms with Crippen molar-refractivity contribution in [2.75, 3.05) is 106 Å². The fraction of sp³-hybridized carbons (Fsp3) is 0.630. The largest absolute Gasteiger partial charge is 1.00 e. The first-order chi connectivity index (χ1) is 50.7. The molecule has 2 aliphatic heterocycles. The van der Waals surface area contributed by atoms with Crippen LogP contribution in [0.5, 0.6) is 5.75 Å². The second-order valence-corrected chi connectivity index (χ2v) is 29.2. The molecule has 1 saturated heterocycles. The Labute approximate surface area is 659 Å². The van der Waals surface area contributed by atoms with Crippen LogP contribution in [0.4, 0.5) is 0 Å². The Morgan fingerprint density at radius 3 is 2.07 bits per heavy atom. The summed E-state index contributed by atoms with van der Waals surface area (Å²) >= 11 is 6.41. The molecule has 1 unspecified atom stereocenters. The number of rotatable bonds is 47. The second kappa shape index (κ2) is 49.9. The number of unbranched alkanes of at least 4 members (excludes halogenated alkanes) is 1. The molecule has 0 radical (unpaired) electrons. The number of aliphatic carboxylic acids is 1. The molecule has 598 valence electrons. The number of hydrogen-bond donors (Lipinski definition) is 8. The minimum Gasteiger partial charge on any atom is -0.748 e. The van der Waals surface area contributed by atoms with E-state index >= 15 is 0 Å². The molecule has 0 bridgehead atoms. The van der Waals surface area contributed by atoms with E-state index in [1.807, 2.05) is 32.9 Å². The molecule has 0 spiro atoms. The van der Waals surface area contributed by atoms with Crippen LogP contribution >= 0.6 is 11.6 Å². The molecule has 1 fully saturated rings. The summed E-state index contributed by atoms with van der Waals surface area (Å²) in [6, 6.07) is 8.60. The molecule has 8 amide bonds. The first-order valence-corrected chi connectivity index (χ1v) is 37.7. The van der Waals surface area contributed by atoms with Gasteiger partial charge in [-0.3, -0.25) is 43.2 Å². The van der Waals surface area contributed by atoms with Gasteiger partial charge in [-0.05, 0) is 86.3 Å². The fourth-order valence-electron chi connectivity index (χ4n) is 10.8. The summed E-state index contributed by atoms with van der Waals surface area (Å²) in [6.07, 6.45) is -1.15. The number of methoxy groups -OCH3 is 2. The summed E-state index contributed by atoms with van der Waals surface area (Å²) in [6.45, 7) is 16.2. The van der Waals surface area contributed by atoms with Crippen LogP contribution < -0.4 is 71.5 Å². The average Bonchev–Trinajstić information content (AvgIpc) is 1.62. The molecule has 32 nitrogen and oxygen atoms in total. The first-order valence-electron chi connectivity index (χ1n) is 35.8. The van der Waals surface area contributed by atoms with E-state index in [1.54, 1.807) is 65.1 Å². The van der Waals surface area contributed by atoms with E-state index in [2.05, 4.69) is 43.8 Å². The van der Waals surface area contributed by atoms with Crippen LogP contribution in [0.25, 0.3) is 0 Å². The number of esters is 2. The SMILES string of the molecule is C=CCOC(CN(CCC(=O)N[C@H](C(=O)N[C@@H](CCCCNC(=O)CCOCCOCCOCCOC)C(=O)NCc1ccc([C@H]2O[C@@H]2[C@@H](C)[C@@H]2C/C=C\C(=O)N[C@H](Cc3ccc(OC)c(Cl)c3)C(=O)NCC(C)(C)C(=O)O[C@@H](CC(C)C)C(=O)O2)cc1)C(C)C)C(=O)CCC(=O)NCCS(=O)(=O)[O-])C(=O)O.[Na+]. The van der Waals surface area contributed by atoms with E-state index < -0.39 is 180 Å². The molecule has 8 N–H and O–H groups in total. The summed E-state index contributed by atoms with van der Waals surface area (Å²) in [4.78, 5) is 149. The molecule has 9 atom stereocenters. The number of hydrogen-bond acceptors (Lipinski definition) is 23. The number of carbonyl (C=O) groups excluding carboxylic acids is 10. The Morgan fingerprint density at radius 1 is 0.806 bits per heavy atom. The number of halogens is 1. The number of benzene rings is 2. The van der Waals surface area contributed by atoms with Crippen LogP contribution in [0.1, 0.15) is 129 Å². The Morgan fingerprint density at radius 2 is 1.45 bits per heavy atom. The summed E-state index contributed by atoms with van der Waals surface area (Å²) < 4.78 is 83.2. The van der Waals surface area contributed by atoms with Crippen LogP contribution in [-0.4, -0.2) is 236 Å². The number of carboxylic acids is 1. The molecule has 2 aliphatic rings. The minimum absolute atomic E-state index is 0. The quantitative estimate of drug-likeness (QED) is 0.0108. The number of carbonyl (C=O) groups is 11. The molecular formula is C73H108ClN8NaO24S. The number of ether oxygens (including phenoxy) is 9. The van der Waals surface area contributed by atoms with Gasteiger partial charge in [0.05, 0.1) is 98.9 Å². The van der Waals surface area contributed by atoms with Gasteiger partial charge in [0.25, 0.3) is 0 Å². The van der Waals surface area contributed by atoms with Crippen molar-refractivity contribution in [2.45, 2.75) is 168 Å². The van der Waals surface area contributed by atoms with Gasteiger partial charge in [0.1, 0.15) is 36.1 Å². The van der Waals surface area contributed by atoms with Crippen molar-refractivity contribution in [1.29, 1.82) is 0 Å². The molecule has 2 aromatic rings. The normalized spacial score (nSPS) is 18.9. The number of carboxylic acid groups (broad SMARTS) is 1. The average molecular weight is 1570 g/mol. The van der Waals surface area contributed by atoms with E-state index in [-0.39, 0.29) is 113 Å². The maximum Gasteiger partial charge on any atom is 1.00 e. The number of nitrogens with one attached hydrogen (secondary N) is 7. The van der Waals surface area contributed by atoms with Crippen molar-refractivity contribution in [2.24, 2.45) is 23.2 Å². The molecule has 0 aliphatic carbocycles. The summed E-state index contributed by atoms with van der Waals surface area (Å²) in [7, 11) is -1.60. The van der Waals surface area contributed by atoms with Gasteiger partial charge in [0.15, 0.2) is 12.2 Å². The fourth-order valence-corrected chi connectivity index (χ4v) is 11.5. The third-order valence-corrected chi connectivity index (χ3v) is 18.1. The first kappa shape index (κ1) is 95.1. The zero-order valence-corrected chi connectivity index (χ0v) is 67.2. The van der Waals surface area contributed by atoms with Gasteiger partial charge in [-0.1, -0.05) is 88.7 Å². The minimum atomic E-state index is -4.64. The van der Waals surface area contributed by atoms with E-state index in [4.69, 9.17) is 54.2 Å². The van der Waals surface area contributed by atoms with Crippen LogP contribution in [0, 0.1) is 23.2 Å². The van der Waals surface area contributed by atoms with Crippen molar-refractivity contribution < 1.29 is 143 Å². The van der Waals surface area contributed by atoms with E-state index in [9.17, 15) is 70.8 Å². The van der Waals surface area contributed by atoms with Crippen molar-refractivity contribution >= 4 is 86.9 Å². The van der Waals surface area contributed by atoms with Gasteiger partial charge in [-0.15, -0.1) is 6.58 Å². The maximum atomic E-state index is 14.3. The monoisotopic (exact) mass is 1570 g/mol. The summed E-state index contributed by atoms with van der Waals surface area (Å²) in [5.74, 6) is -9.77.